The van der Waals surface area contributed by atoms with Crippen LogP contribution in [0.25, 0.3) is 0 Å². The number of fused-ring (bicyclic) bond motifs is 1. The maximum atomic E-state index is 5.67. The fourth-order valence-electron chi connectivity index (χ4n) is 2.09. The van der Waals surface area contributed by atoms with E-state index in [1.54, 1.807) is 11.3 Å². The van der Waals surface area contributed by atoms with E-state index in [2.05, 4.69) is 10.3 Å². The minimum atomic E-state index is 0.611. The Morgan fingerprint density at radius 3 is 3.05 bits per heavy atom. The third kappa shape index (κ3) is 2.66. The van der Waals surface area contributed by atoms with Gasteiger partial charge in [-0.3, -0.25) is 0 Å². The zero-order valence-electron chi connectivity index (χ0n) is 10.8. The molecule has 0 atom stereocenters. The van der Waals surface area contributed by atoms with Crippen molar-refractivity contribution in [2.24, 2.45) is 0 Å². The molecule has 1 aliphatic rings. The molecule has 2 aromatic rings. The number of aryl methyl sites for hydroxylation is 1. The molecule has 1 aromatic carbocycles. The van der Waals surface area contributed by atoms with E-state index in [9.17, 15) is 0 Å². The van der Waals surface area contributed by atoms with Gasteiger partial charge in [0.15, 0.2) is 11.5 Å². The van der Waals surface area contributed by atoms with Gasteiger partial charge >= 0.3 is 0 Å². The highest BCUT2D eigenvalue weighted by atomic mass is 32.1. The number of ether oxygens (including phenoxy) is 2. The van der Waals surface area contributed by atoms with Crippen LogP contribution in [-0.4, -0.2) is 24.7 Å². The number of hydrogen-bond acceptors (Lipinski definition) is 5. The van der Waals surface area contributed by atoms with Gasteiger partial charge in [-0.2, -0.15) is 0 Å². The molecule has 3 rings (SSSR count). The van der Waals surface area contributed by atoms with Crippen LogP contribution in [0.2, 0.25) is 0 Å². The molecule has 0 aliphatic carbocycles. The van der Waals surface area contributed by atoms with Gasteiger partial charge in [0.25, 0.3) is 0 Å². The van der Waals surface area contributed by atoms with Gasteiger partial charge in [0.2, 0.25) is 0 Å². The van der Waals surface area contributed by atoms with Crippen LogP contribution in [0.5, 0.6) is 11.5 Å². The molecule has 0 saturated heterocycles. The fraction of sp³-hybridized carbons (Fsp3) is 0.357. The van der Waals surface area contributed by atoms with Gasteiger partial charge in [0.1, 0.15) is 13.2 Å². The first-order chi connectivity index (χ1) is 9.34. The Bertz CT molecular complexity index is 568. The zero-order valence-corrected chi connectivity index (χ0v) is 11.6. The fourth-order valence-corrected chi connectivity index (χ4v) is 2.87. The van der Waals surface area contributed by atoms with Crippen molar-refractivity contribution in [1.29, 1.82) is 0 Å². The van der Waals surface area contributed by atoms with Gasteiger partial charge in [-0.05, 0) is 19.1 Å². The van der Waals surface area contributed by atoms with Crippen LogP contribution in [0.4, 0.5) is 5.69 Å². The lowest BCUT2D eigenvalue weighted by molar-refractivity contribution is 0.172. The van der Waals surface area contributed by atoms with Gasteiger partial charge in [-0.25, -0.2) is 4.98 Å². The minimum absolute atomic E-state index is 0.611. The summed E-state index contributed by atoms with van der Waals surface area (Å²) in [7, 11) is 0. The molecule has 0 radical (unpaired) electrons. The number of nitrogens with zero attached hydrogens (tertiary/aromatic N) is 1. The Labute approximate surface area is 116 Å². The molecule has 1 aromatic heterocycles. The van der Waals surface area contributed by atoms with Gasteiger partial charge in [-0.15, -0.1) is 11.3 Å². The van der Waals surface area contributed by atoms with Gasteiger partial charge < -0.3 is 14.8 Å². The van der Waals surface area contributed by atoms with E-state index in [4.69, 9.17) is 9.47 Å². The van der Waals surface area contributed by atoms with Crippen LogP contribution < -0.4 is 14.8 Å². The zero-order chi connectivity index (χ0) is 13.1. The lowest BCUT2D eigenvalue weighted by Gasteiger charge is -2.21. The number of aromatic nitrogens is 1. The Kier molecular flexibility index (Phi) is 3.55. The Hall–Kier alpha value is -1.75. The average molecular weight is 276 g/mol. The van der Waals surface area contributed by atoms with Gasteiger partial charge in [0.05, 0.1) is 16.9 Å². The summed E-state index contributed by atoms with van der Waals surface area (Å²) >= 11 is 1.71. The third-order valence-electron chi connectivity index (χ3n) is 3.08. The number of benzene rings is 1. The molecule has 19 heavy (non-hydrogen) atoms. The summed E-state index contributed by atoms with van der Waals surface area (Å²) in [4.78, 5) is 5.59. The average Bonchev–Trinajstić information content (AvgIpc) is 2.85. The number of para-hydroxylation sites is 1. The maximum Gasteiger partial charge on any atom is 0.184 e. The van der Waals surface area contributed by atoms with Crippen LogP contribution >= 0.6 is 11.3 Å². The van der Waals surface area contributed by atoms with Crippen molar-refractivity contribution >= 4 is 17.0 Å². The quantitative estimate of drug-likeness (QED) is 0.932. The summed E-state index contributed by atoms with van der Waals surface area (Å²) in [5, 5.41) is 3.41. The summed E-state index contributed by atoms with van der Waals surface area (Å²) in [6, 6.07) is 5.94. The second-order valence-corrected chi connectivity index (χ2v) is 5.31. The number of hydrogen-bond donors (Lipinski definition) is 1. The molecule has 100 valence electrons. The maximum absolute atomic E-state index is 5.67. The monoisotopic (exact) mass is 276 g/mol. The molecule has 0 spiro atoms. The van der Waals surface area contributed by atoms with Crippen LogP contribution in [0.1, 0.15) is 10.6 Å². The first-order valence-electron chi connectivity index (χ1n) is 6.36. The molecule has 5 heteroatoms. The van der Waals surface area contributed by atoms with E-state index >= 15 is 0 Å². The number of nitrogens with one attached hydrogen (secondary N) is 1. The molecule has 0 fully saturated rings. The van der Waals surface area contributed by atoms with Crippen LogP contribution in [-0.2, 0) is 6.42 Å². The third-order valence-corrected chi connectivity index (χ3v) is 4.07. The molecular weight excluding hydrogens is 260 g/mol. The second kappa shape index (κ2) is 5.48. The summed E-state index contributed by atoms with van der Waals surface area (Å²) < 4.78 is 11.2. The van der Waals surface area contributed by atoms with Crippen molar-refractivity contribution in [3.8, 4) is 11.5 Å². The molecule has 4 nitrogen and oxygen atoms in total. The predicted molar refractivity (Wildman–Crippen MR) is 76.5 cm³/mol. The van der Waals surface area contributed by atoms with Crippen molar-refractivity contribution in [2.75, 3.05) is 25.1 Å². The van der Waals surface area contributed by atoms with Gasteiger partial charge in [-0.1, -0.05) is 6.07 Å². The summed E-state index contributed by atoms with van der Waals surface area (Å²) in [5.74, 6) is 1.65. The first-order valence-corrected chi connectivity index (χ1v) is 7.24. The number of rotatable bonds is 4. The molecule has 0 amide bonds. The molecule has 1 aliphatic heterocycles. The van der Waals surface area contributed by atoms with E-state index in [1.165, 1.54) is 4.88 Å². The number of anilines is 1. The van der Waals surface area contributed by atoms with Crippen molar-refractivity contribution < 1.29 is 9.47 Å². The highest BCUT2D eigenvalue weighted by Crippen LogP contribution is 2.37. The van der Waals surface area contributed by atoms with Crippen LogP contribution in [0.3, 0.4) is 0 Å². The lowest BCUT2D eigenvalue weighted by Crippen LogP contribution is -2.17. The molecular formula is C14H16N2O2S. The molecule has 1 N–H and O–H groups in total. The normalized spacial score (nSPS) is 13.3. The molecule has 0 saturated carbocycles. The van der Waals surface area contributed by atoms with Crippen molar-refractivity contribution in [2.45, 2.75) is 13.3 Å². The van der Waals surface area contributed by atoms with Crippen molar-refractivity contribution in [3.63, 3.8) is 0 Å². The predicted octanol–water partition coefficient (Wildman–Crippen LogP) is 2.88. The SMILES string of the molecule is Cc1ncsc1CCNc1cccc2c1OCCO2. The van der Waals surface area contributed by atoms with Crippen LogP contribution in [0, 0.1) is 6.92 Å². The molecule has 0 bridgehead atoms. The standard InChI is InChI=1S/C14H16N2O2S/c1-10-13(19-9-16-10)5-6-15-11-3-2-4-12-14(11)18-8-7-17-12/h2-4,9,15H,5-8H2,1H3. The number of thiazole rings is 1. The van der Waals surface area contributed by atoms with Gasteiger partial charge in [0, 0.05) is 17.8 Å². The smallest absolute Gasteiger partial charge is 0.184 e. The van der Waals surface area contributed by atoms with Crippen molar-refractivity contribution in [1.82, 2.24) is 4.98 Å². The van der Waals surface area contributed by atoms with E-state index in [1.807, 2.05) is 30.6 Å². The first kappa shape index (κ1) is 12.3. The summed E-state index contributed by atoms with van der Waals surface area (Å²) in [6.45, 7) is 4.15. The topological polar surface area (TPSA) is 43.4 Å². The minimum Gasteiger partial charge on any atom is -0.486 e. The largest absolute Gasteiger partial charge is 0.486 e. The Morgan fingerprint density at radius 1 is 1.32 bits per heavy atom. The highest BCUT2D eigenvalue weighted by molar-refractivity contribution is 7.09. The van der Waals surface area contributed by atoms with E-state index in [0.717, 1.165) is 35.8 Å². The Balaban J connectivity index is 1.66. The van der Waals surface area contributed by atoms with E-state index in [-0.39, 0.29) is 0 Å². The van der Waals surface area contributed by atoms with Crippen LogP contribution in [0.15, 0.2) is 23.7 Å². The van der Waals surface area contributed by atoms with E-state index in [0.29, 0.717) is 13.2 Å². The summed E-state index contributed by atoms with van der Waals surface area (Å²) in [5.41, 5.74) is 4.02. The lowest BCUT2D eigenvalue weighted by atomic mass is 10.2. The van der Waals surface area contributed by atoms with Crippen molar-refractivity contribution in [3.05, 3.63) is 34.3 Å². The molecule has 0 unspecified atom stereocenters. The Morgan fingerprint density at radius 2 is 2.21 bits per heavy atom. The molecule has 2 heterocycles. The summed E-state index contributed by atoms with van der Waals surface area (Å²) in [6.07, 6.45) is 0.973. The van der Waals surface area contributed by atoms with E-state index < -0.39 is 0 Å². The second-order valence-electron chi connectivity index (χ2n) is 4.37. The highest BCUT2D eigenvalue weighted by Gasteiger charge is 2.15.